The van der Waals surface area contributed by atoms with Crippen molar-refractivity contribution in [3.8, 4) is 0 Å². The van der Waals surface area contributed by atoms with Gasteiger partial charge in [0.15, 0.2) is 5.92 Å². The first-order valence-corrected chi connectivity index (χ1v) is 6.19. The molecule has 0 saturated carbocycles. The summed E-state index contributed by atoms with van der Waals surface area (Å²) in [6.07, 6.45) is -5.28. The molecular formula is C11H17F3N2O4. The Morgan fingerprint density at radius 2 is 1.80 bits per heavy atom. The van der Waals surface area contributed by atoms with Crippen molar-refractivity contribution in [2.75, 3.05) is 39.3 Å². The number of ether oxygens (including phenoxy) is 1. The lowest BCUT2D eigenvalue weighted by atomic mass is 10.1. The van der Waals surface area contributed by atoms with Crippen LogP contribution in [0.3, 0.4) is 0 Å². The number of carbonyl (C=O) groups is 2. The molecule has 0 aliphatic carbocycles. The van der Waals surface area contributed by atoms with Gasteiger partial charge in [0, 0.05) is 32.7 Å². The van der Waals surface area contributed by atoms with Crippen LogP contribution in [0.1, 0.15) is 6.92 Å². The van der Waals surface area contributed by atoms with E-state index in [0.717, 1.165) is 0 Å². The van der Waals surface area contributed by atoms with Crippen LogP contribution < -0.4 is 0 Å². The van der Waals surface area contributed by atoms with E-state index in [1.54, 1.807) is 6.92 Å². The van der Waals surface area contributed by atoms with Gasteiger partial charge in [0.1, 0.15) is 0 Å². The summed E-state index contributed by atoms with van der Waals surface area (Å²) in [5.41, 5.74) is 0. The van der Waals surface area contributed by atoms with Crippen molar-refractivity contribution < 1.29 is 32.6 Å². The smallest absolute Gasteiger partial charge is 0.409 e. The SMILES string of the molecule is CCOC(=O)N1CCN(CC(C(=O)O)C(F)(F)F)CC1. The van der Waals surface area contributed by atoms with Crippen molar-refractivity contribution in [3.05, 3.63) is 0 Å². The Labute approximate surface area is 114 Å². The average Bonchev–Trinajstić information content (AvgIpc) is 2.35. The minimum Gasteiger partial charge on any atom is -0.481 e. The lowest BCUT2D eigenvalue weighted by Gasteiger charge is -2.35. The molecule has 1 aliphatic heterocycles. The van der Waals surface area contributed by atoms with Crippen LogP contribution in [-0.4, -0.2) is 72.5 Å². The lowest BCUT2D eigenvalue weighted by Crippen LogP contribution is -2.52. The number of nitrogens with zero attached hydrogens (tertiary/aromatic N) is 2. The highest BCUT2D eigenvalue weighted by molar-refractivity contribution is 5.71. The molecule has 1 N–H and O–H groups in total. The second-order valence-corrected chi connectivity index (χ2v) is 4.42. The Kier molecular flexibility index (Phi) is 5.61. The summed E-state index contributed by atoms with van der Waals surface area (Å²) in [5.74, 6) is -4.29. The standard InChI is InChI=1S/C11H17F3N2O4/c1-2-20-10(19)16-5-3-15(4-6-16)7-8(9(17)18)11(12,13)14/h8H,2-7H2,1H3,(H,17,18). The third kappa shape index (κ3) is 4.55. The fourth-order valence-electron chi connectivity index (χ4n) is 1.91. The van der Waals surface area contributed by atoms with Gasteiger partial charge in [-0.1, -0.05) is 0 Å². The highest BCUT2D eigenvalue weighted by Crippen LogP contribution is 2.27. The zero-order valence-corrected chi connectivity index (χ0v) is 11.0. The molecular weight excluding hydrogens is 281 g/mol. The number of piperazine rings is 1. The molecule has 1 heterocycles. The third-order valence-electron chi connectivity index (χ3n) is 3.03. The van der Waals surface area contributed by atoms with E-state index in [1.165, 1.54) is 9.80 Å². The minimum atomic E-state index is -4.77. The van der Waals surface area contributed by atoms with Gasteiger partial charge in [0.05, 0.1) is 6.61 Å². The summed E-state index contributed by atoms with van der Waals surface area (Å²) in [6, 6.07) is 0. The number of hydrogen-bond donors (Lipinski definition) is 1. The van der Waals surface area contributed by atoms with E-state index in [9.17, 15) is 22.8 Å². The van der Waals surface area contributed by atoms with E-state index in [0.29, 0.717) is 0 Å². The molecule has 0 aromatic carbocycles. The summed E-state index contributed by atoms with van der Waals surface area (Å²) in [6.45, 7) is 2.13. The van der Waals surface area contributed by atoms with E-state index in [2.05, 4.69) is 0 Å². The van der Waals surface area contributed by atoms with Crippen LogP contribution in [0.2, 0.25) is 0 Å². The van der Waals surface area contributed by atoms with Gasteiger partial charge in [0.25, 0.3) is 0 Å². The van der Waals surface area contributed by atoms with Gasteiger partial charge in [0.2, 0.25) is 0 Å². The Balaban J connectivity index is 2.49. The van der Waals surface area contributed by atoms with E-state index >= 15 is 0 Å². The monoisotopic (exact) mass is 298 g/mol. The van der Waals surface area contributed by atoms with Crippen molar-refractivity contribution in [2.24, 2.45) is 5.92 Å². The van der Waals surface area contributed by atoms with Crippen LogP contribution in [0.15, 0.2) is 0 Å². The maximum absolute atomic E-state index is 12.5. The van der Waals surface area contributed by atoms with Crippen LogP contribution in [-0.2, 0) is 9.53 Å². The molecule has 1 unspecified atom stereocenters. The second kappa shape index (κ2) is 6.78. The molecule has 0 aromatic rings. The Morgan fingerprint density at radius 1 is 1.25 bits per heavy atom. The molecule has 1 amide bonds. The first kappa shape index (κ1) is 16.5. The first-order chi connectivity index (χ1) is 9.25. The number of alkyl halides is 3. The molecule has 0 bridgehead atoms. The topological polar surface area (TPSA) is 70.1 Å². The Hall–Kier alpha value is -1.51. The van der Waals surface area contributed by atoms with E-state index < -0.39 is 30.7 Å². The number of carboxylic acid groups (broad SMARTS) is 1. The predicted molar refractivity (Wildman–Crippen MR) is 62.2 cm³/mol. The molecule has 1 aliphatic rings. The second-order valence-electron chi connectivity index (χ2n) is 4.42. The molecule has 1 saturated heterocycles. The third-order valence-corrected chi connectivity index (χ3v) is 3.03. The number of hydrogen-bond acceptors (Lipinski definition) is 4. The Bertz CT molecular complexity index is 354. The number of halogens is 3. The van der Waals surface area contributed by atoms with Crippen LogP contribution in [0.5, 0.6) is 0 Å². The summed E-state index contributed by atoms with van der Waals surface area (Å²) in [4.78, 5) is 24.8. The number of carboxylic acids is 1. The number of rotatable bonds is 4. The molecule has 6 nitrogen and oxygen atoms in total. The van der Waals surface area contributed by atoms with E-state index in [1.807, 2.05) is 0 Å². The van der Waals surface area contributed by atoms with Gasteiger partial charge in [-0.2, -0.15) is 13.2 Å². The summed E-state index contributed by atoms with van der Waals surface area (Å²) >= 11 is 0. The molecule has 9 heteroatoms. The highest BCUT2D eigenvalue weighted by Gasteiger charge is 2.46. The molecule has 1 fully saturated rings. The zero-order chi connectivity index (χ0) is 15.3. The first-order valence-electron chi connectivity index (χ1n) is 6.19. The van der Waals surface area contributed by atoms with Crippen molar-refractivity contribution in [1.29, 1.82) is 0 Å². The van der Waals surface area contributed by atoms with E-state index in [4.69, 9.17) is 9.84 Å². The quantitative estimate of drug-likeness (QED) is 0.839. The zero-order valence-electron chi connectivity index (χ0n) is 11.0. The van der Waals surface area contributed by atoms with Gasteiger partial charge < -0.3 is 14.7 Å². The molecule has 1 atom stereocenters. The predicted octanol–water partition coefficient (Wildman–Crippen LogP) is 1.02. The molecule has 0 spiro atoms. The number of carbonyl (C=O) groups excluding carboxylic acids is 1. The summed E-state index contributed by atoms with van der Waals surface area (Å²) in [7, 11) is 0. The average molecular weight is 298 g/mol. The fraction of sp³-hybridized carbons (Fsp3) is 0.818. The normalized spacial score (nSPS) is 18.7. The maximum atomic E-state index is 12.5. The van der Waals surface area contributed by atoms with Crippen molar-refractivity contribution in [1.82, 2.24) is 9.80 Å². The molecule has 20 heavy (non-hydrogen) atoms. The summed E-state index contributed by atoms with van der Waals surface area (Å²) < 4.78 is 42.4. The summed E-state index contributed by atoms with van der Waals surface area (Å²) in [5, 5.41) is 8.62. The van der Waals surface area contributed by atoms with Crippen molar-refractivity contribution in [3.63, 3.8) is 0 Å². The van der Waals surface area contributed by atoms with Crippen LogP contribution in [0.25, 0.3) is 0 Å². The number of aliphatic carboxylic acids is 1. The van der Waals surface area contributed by atoms with E-state index in [-0.39, 0.29) is 32.8 Å². The minimum absolute atomic E-state index is 0.193. The van der Waals surface area contributed by atoms with Crippen LogP contribution >= 0.6 is 0 Å². The van der Waals surface area contributed by atoms with Gasteiger partial charge in [-0.15, -0.1) is 0 Å². The van der Waals surface area contributed by atoms with Crippen molar-refractivity contribution in [2.45, 2.75) is 13.1 Å². The van der Waals surface area contributed by atoms with Gasteiger partial charge in [-0.25, -0.2) is 4.79 Å². The van der Waals surface area contributed by atoms with Gasteiger partial charge in [-0.3, -0.25) is 9.69 Å². The molecule has 0 radical (unpaired) electrons. The van der Waals surface area contributed by atoms with Crippen LogP contribution in [0, 0.1) is 5.92 Å². The van der Waals surface area contributed by atoms with Crippen LogP contribution in [0.4, 0.5) is 18.0 Å². The number of amides is 1. The highest BCUT2D eigenvalue weighted by atomic mass is 19.4. The largest absolute Gasteiger partial charge is 0.481 e. The van der Waals surface area contributed by atoms with Gasteiger partial charge >= 0.3 is 18.2 Å². The molecule has 1 rings (SSSR count). The Morgan fingerprint density at radius 3 is 2.20 bits per heavy atom. The lowest BCUT2D eigenvalue weighted by molar-refractivity contribution is -0.197. The maximum Gasteiger partial charge on any atom is 0.409 e. The fourth-order valence-corrected chi connectivity index (χ4v) is 1.91. The molecule has 116 valence electrons. The van der Waals surface area contributed by atoms with Gasteiger partial charge in [-0.05, 0) is 6.92 Å². The van der Waals surface area contributed by atoms with Crippen molar-refractivity contribution >= 4 is 12.1 Å². The molecule has 0 aromatic heterocycles.